The number of likely N-dealkylation sites (tertiary alicyclic amines) is 1. The van der Waals surface area contributed by atoms with Crippen LogP contribution in [0.25, 0.3) is 0 Å². The van der Waals surface area contributed by atoms with Gasteiger partial charge in [0.05, 0.1) is 0 Å². The minimum absolute atomic E-state index is 0.676. The lowest BCUT2D eigenvalue weighted by molar-refractivity contribution is 0.0708. The minimum Gasteiger partial charge on any atom is -0.311 e. The number of nitrogens with one attached hydrogen (secondary N) is 1. The highest BCUT2D eigenvalue weighted by Crippen LogP contribution is 2.19. The van der Waals surface area contributed by atoms with Crippen LogP contribution < -0.4 is 5.32 Å². The lowest BCUT2D eigenvalue weighted by Gasteiger charge is -2.44. The van der Waals surface area contributed by atoms with Crippen LogP contribution in [0.4, 0.5) is 0 Å². The molecule has 0 aromatic heterocycles. The number of piperidine rings is 1. The van der Waals surface area contributed by atoms with Crippen molar-refractivity contribution in [1.82, 2.24) is 15.1 Å². The molecule has 0 aromatic rings. The molecule has 0 bridgehead atoms. The van der Waals surface area contributed by atoms with Gasteiger partial charge in [-0.25, -0.2) is 0 Å². The van der Waals surface area contributed by atoms with Gasteiger partial charge < -0.3 is 10.2 Å². The molecule has 2 rings (SSSR count). The number of likely N-dealkylation sites (N-methyl/N-ethyl adjacent to an activating group) is 1. The van der Waals surface area contributed by atoms with Gasteiger partial charge in [0.25, 0.3) is 0 Å². The van der Waals surface area contributed by atoms with E-state index in [1.54, 1.807) is 0 Å². The van der Waals surface area contributed by atoms with E-state index in [1.807, 2.05) is 0 Å². The van der Waals surface area contributed by atoms with Gasteiger partial charge in [0.1, 0.15) is 0 Å². The molecule has 0 saturated carbocycles. The maximum absolute atomic E-state index is 3.69. The number of hydrogen-bond acceptors (Lipinski definition) is 3. The number of rotatable bonds is 3. The van der Waals surface area contributed by atoms with Crippen molar-refractivity contribution in [2.45, 2.75) is 58.2 Å². The van der Waals surface area contributed by atoms with Crippen molar-refractivity contribution in [2.75, 3.05) is 33.2 Å². The SMILES string of the molecule is CC(C)C1CN(CC2CCCCN2C)C(C)CN1. The third-order valence-corrected chi connectivity index (χ3v) is 4.90. The summed E-state index contributed by atoms with van der Waals surface area (Å²) in [5, 5.41) is 3.69. The summed E-state index contributed by atoms with van der Waals surface area (Å²) in [4.78, 5) is 5.29. The van der Waals surface area contributed by atoms with Crippen LogP contribution in [0, 0.1) is 5.92 Å². The van der Waals surface area contributed by atoms with E-state index < -0.39 is 0 Å². The van der Waals surface area contributed by atoms with Gasteiger partial charge in [0.2, 0.25) is 0 Å². The zero-order valence-electron chi connectivity index (χ0n) is 12.7. The van der Waals surface area contributed by atoms with E-state index in [0.717, 1.165) is 18.5 Å². The molecule has 0 aromatic carbocycles. The van der Waals surface area contributed by atoms with Gasteiger partial charge in [0, 0.05) is 37.8 Å². The summed E-state index contributed by atoms with van der Waals surface area (Å²) in [6.45, 7) is 12.0. The van der Waals surface area contributed by atoms with Crippen LogP contribution in [0.5, 0.6) is 0 Å². The minimum atomic E-state index is 0.676. The van der Waals surface area contributed by atoms with E-state index in [4.69, 9.17) is 0 Å². The summed E-state index contributed by atoms with van der Waals surface area (Å²) in [5.74, 6) is 0.740. The highest BCUT2D eigenvalue weighted by molar-refractivity contribution is 4.88. The Bertz CT molecular complexity index is 254. The molecule has 0 aliphatic carbocycles. The van der Waals surface area contributed by atoms with Crippen molar-refractivity contribution in [3.05, 3.63) is 0 Å². The molecule has 2 fully saturated rings. The zero-order valence-corrected chi connectivity index (χ0v) is 12.7. The van der Waals surface area contributed by atoms with Crippen molar-refractivity contribution in [1.29, 1.82) is 0 Å². The summed E-state index contributed by atoms with van der Waals surface area (Å²) in [5.41, 5.74) is 0. The molecule has 3 heteroatoms. The van der Waals surface area contributed by atoms with E-state index in [-0.39, 0.29) is 0 Å². The lowest BCUT2D eigenvalue weighted by Crippen LogP contribution is -2.59. The van der Waals surface area contributed by atoms with E-state index >= 15 is 0 Å². The highest BCUT2D eigenvalue weighted by Gasteiger charge is 2.30. The number of piperazine rings is 1. The Morgan fingerprint density at radius 3 is 2.72 bits per heavy atom. The monoisotopic (exact) mass is 253 g/mol. The van der Waals surface area contributed by atoms with Crippen molar-refractivity contribution in [3.63, 3.8) is 0 Å². The molecule has 106 valence electrons. The Morgan fingerprint density at radius 1 is 1.28 bits per heavy atom. The van der Waals surface area contributed by atoms with Gasteiger partial charge in [-0.1, -0.05) is 20.3 Å². The van der Waals surface area contributed by atoms with Crippen LogP contribution in [-0.4, -0.2) is 61.2 Å². The van der Waals surface area contributed by atoms with Gasteiger partial charge in [-0.15, -0.1) is 0 Å². The highest BCUT2D eigenvalue weighted by atomic mass is 15.3. The van der Waals surface area contributed by atoms with Crippen LogP contribution in [0.15, 0.2) is 0 Å². The Hall–Kier alpha value is -0.120. The molecule has 0 radical (unpaired) electrons. The predicted octanol–water partition coefficient (Wildman–Crippen LogP) is 1.79. The molecular weight excluding hydrogens is 222 g/mol. The van der Waals surface area contributed by atoms with Gasteiger partial charge in [-0.05, 0) is 39.3 Å². The van der Waals surface area contributed by atoms with Gasteiger partial charge in [0.15, 0.2) is 0 Å². The van der Waals surface area contributed by atoms with Crippen molar-refractivity contribution < 1.29 is 0 Å². The second-order valence-corrected chi connectivity index (χ2v) is 6.69. The molecule has 2 aliphatic rings. The van der Waals surface area contributed by atoms with Gasteiger partial charge in [-0.3, -0.25) is 4.90 Å². The second kappa shape index (κ2) is 6.36. The van der Waals surface area contributed by atoms with Gasteiger partial charge >= 0.3 is 0 Å². The lowest BCUT2D eigenvalue weighted by atomic mass is 9.97. The Balaban J connectivity index is 1.89. The smallest absolute Gasteiger partial charge is 0.0220 e. The number of nitrogens with zero attached hydrogens (tertiary/aromatic N) is 2. The fourth-order valence-corrected chi connectivity index (χ4v) is 3.29. The summed E-state index contributed by atoms with van der Waals surface area (Å²) >= 11 is 0. The molecule has 0 spiro atoms. The van der Waals surface area contributed by atoms with Crippen LogP contribution in [-0.2, 0) is 0 Å². The van der Waals surface area contributed by atoms with Crippen molar-refractivity contribution in [2.24, 2.45) is 5.92 Å². The van der Waals surface area contributed by atoms with E-state index in [9.17, 15) is 0 Å². The predicted molar refractivity (Wildman–Crippen MR) is 77.9 cm³/mol. The molecule has 1 N–H and O–H groups in total. The van der Waals surface area contributed by atoms with Crippen molar-refractivity contribution >= 4 is 0 Å². The Morgan fingerprint density at radius 2 is 2.06 bits per heavy atom. The molecule has 2 aliphatic heterocycles. The van der Waals surface area contributed by atoms with E-state index in [2.05, 4.69) is 42.9 Å². The first-order chi connectivity index (χ1) is 8.58. The van der Waals surface area contributed by atoms with Crippen LogP contribution in [0.3, 0.4) is 0 Å². The molecule has 3 unspecified atom stereocenters. The van der Waals surface area contributed by atoms with E-state index in [1.165, 1.54) is 38.9 Å². The molecule has 2 heterocycles. The first-order valence-corrected chi connectivity index (χ1v) is 7.75. The molecule has 3 atom stereocenters. The maximum atomic E-state index is 3.69. The fourth-order valence-electron chi connectivity index (χ4n) is 3.29. The molecule has 2 saturated heterocycles. The first-order valence-electron chi connectivity index (χ1n) is 7.75. The summed E-state index contributed by atoms with van der Waals surface area (Å²) in [6.07, 6.45) is 4.20. The van der Waals surface area contributed by atoms with Crippen LogP contribution in [0.2, 0.25) is 0 Å². The zero-order chi connectivity index (χ0) is 13.1. The van der Waals surface area contributed by atoms with Crippen molar-refractivity contribution in [3.8, 4) is 0 Å². The molecular formula is C15H31N3. The maximum Gasteiger partial charge on any atom is 0.0220 e. The Kier molecular flexibility index (Phi) is 5.05. The normalized spacial score (nSPS) is 36.2. The molecule has 3 nitrogen and oxygen atoms in total. The quantitative estimate of drug-likeness (QED) is 0.827. The van der Waals surface area contributed by atoms with E-state index in [0.29, 0.717) is 12.1 Å². The topological polar surface area (TPSA) is 18.5 Å². The first kappa shape index (κ1) is 14.3. The molecule has 0 amide bonds. The Labute approximate surface area is 113 Å². The fraction of sp³-hybridized carbons (Fsp3) is 1.00. The van der Waals surface area contributed by atoms with Gasteiger partial charge in [-0.2, -0.15) is 0 Å². The average Bonchev–Trinajstić information content (AvgIpc) is 2.34. The number of hydrogen-bond donors (Lipinski definition) is 1. The summed E-state index contributed by atoms with van der Waals surface area (Å²) < 4.78 is 0. The molecule has 18 heavy (non-hydrogen) atoms. The van der Waals surface area contributed by atoms with Crippen LogP contribution in [0.1, 0.15) is 40.0 Å². The summed E-state index contributed by atoms with van der Waals surface area (Å²) in [7, 11) is 2.30. The second-order valence-electron chi connectivity index (χ2n) is 6.69. The summed E-state index contributed by atoms with van der Waals surface area (Å²) in [6, 6.07) is 2.15. The van der Waals surface area contributed by atoms with Crippen LogP contribution >= 0.6 is 0 Å². The standard InChI is InChI=1S/C15H31N3/c1-12(2)15-11-18(13(3)9-16-15)10-14-7-5-6-8-17(14)4/h12-16H,5-11H2,1-4H3. The largest absolute Gasteiger partial charge is 0.311 e. The third kappa shape index (κ3) is 3.46. The average molecular weight is 253 g/mol. The third-order valence-electron chi connectivity index (χ3n) is 4.90.